The summed E-state index contributed by atoms with van der Waals surface area (Å²) in [6.07, 6.45) is 11.8. The lowest BCUT2D eigenvalue weighted by Gasteiger charge is -2.18. The molecule has 2 unspecified atom stereocenters. The second-order valence-corrected chi connectivity index (χ2v) is 4.70. The van der Waals surface area contributed by atoms with Crippen LogP contribution in [0.2, 0.25) is 0 Å². The van der Waals surface area contributed by atoms with E-state index in [1.54, 1.807) is 0 Å². The van der Waals surface area contributed by atoms with E-state index < -0.39 is 0 Å². The average Bonchev–Trinajstić information content (AvgIpc) is 2.65. The minimum atomic E-state index is 0.424. The van der Waals surface area contributed by atoms with Crippen LogP contribution in [0.5, 0.6) is 0 Å². The van der Waals surface area contributed by atoms with Gasteiger partial charge in [-0.2, -0.15) is 0 Å². The van der Waals surface area contributed by atoms with Gasteiger partial charge >= 0.3 is 0 Å². The van der Waals surface area contributed by atoms with Gasteiger partial charge in [0.25, 0.3) is 0 Å². The van der Waals surface area contributed by atoms with Crippen molar-refractivity contribution in [3.05, 3.63) is 47.1 Å². The molecule has 0 saturated heterocycles. The minimum absolute atomic E-state index is 0.424. The van der Waals surface area contributed by atoms with Crippen molar-refractivity contribution in [3.63, 3.8) is 0 Å². The first-order valence-electron chi connectivity index (χ1n) is 6.05. The Hall–Kier alpha value is -1.44. The zero-order chi connectivity index (χ0) is 11.1. The fourth-order valence-electron chi connectivity index (χ4n) is 2.77. The molecule has 0 bridgehead atoms. The third-order valence-electron chi connectivity index (χ3n) is 3.71. The van der Waals surface area contributed by atoms with Crippen LogP contribution in [0.25, 0.3) is 0 Å². The van der Waals surface area contributed by atoms with E-state index in [-0.39, 0.29) is 0 Å². The molecule has 0 saturated carbocycles. The molecular weight excluding hydrogens is 198 g/mol. The fraction of sp³-hybridized carbons (Fsp3) is 0.429. The molecule has 3 aliphatic rings. The van der Waals surface area contributed by atoms with Gasteiger partial charge in [-0.3, -0.25) is 0 Å². The predicted molar refractivity (Wildman–Crippen MR) is 64.1 cm³/mol. The molecule has 0 fully saturated rings. The van der Waals surface area contributed by atoms with Crippen LogP contribution >= 0.6 is 0 Å². The number of hydrogen-bond acceptors (Lipinski definition) is 2. The van der Waals surface area contributed by atoms with E-state index in [1.807, 2.05) is 6.08 Å². The number of ether oxygens (including phenoxy) is 1. The highest BCUT2D eigenvalue weighted by molar-refractivity contribution is 5.44. The van der Waals surface area contributed by atoms with Crippen molar-refractivity contribution >= 4 is 0 Å². The van der Waals surface area contributed by atoms with Crippen LogP contribution in [0.15, 0.2) is 47.1 Å². The van der Waals surface area contributed by atoms with Gasteiger partial charge in [-0.05, 0) is 25.3 Å². The van der Waals surface area contributed by atoms with Gasteiger partial charge in [-0.15, -0.1) is 0 Å². The predicted octanol–water partition coefficient (Wildman–Crippen LogP) is 3.00. The summed E-state index contributed by atoms with van der Waals surface area (Å²) in [6, 6.07) is 0. The van der Waals surface area contributed by atoms with Crippen molar-refractivity contribution < 1.29 is 4.74 Å². The zero-order valence-electron chi connectivity index (χ0n) is 9.57. The molecule has 1 heterocycles. The van der Waals surface area contributed by atoms with Crippen molar-refractivity contribution in [1.29, 1.82) is 0 Å². The third-order valence-corrected chi connectivity index (χ3v) is 3.71. The van der Waals surface area contributed by atoms with E-state index in [0.717, 1.165) is 30.7 Å². The maximum absolute atomic E-state index is 6.01. The number of fused-ring (bicyclic) bond motifs is 2. The van der Waals surface area contributed by atoms with E-state index in [0.29, 0.717) is 11.8 Å². The van der Waals surface area contributed by atoms with E-state index >= 15 is 0 Å². The molecular formula is C14H17NO. The van der Waals surface area contributed by atoms with Crippen molar-refractivity contribution in [3.8, 4) is 0 Å². The molecule has 0 radical (unpaired) electrons. The Labute approximate surface area is 96.2 Å². The molecule has 2 N–H and O–H groups in total. The first-order valence-corrected chi connectivity index (χ1v) is 6.05. The Morgan fingerprint density at radius 1 is 1.44 bits per heavy atom. The molecule has 1 aliphatic heterocycles. The first-order chi connectivity index (χ1) is 7.79. The molecule has 3 rings (SSSR count). The lowest BCUT2D eigenvalue weighted by molar-refractivity contribution is 0.254. The summed E-state index contributed by atoms with van der Waals surface area (Å²) >= 11 is 0. The Morgan fingerprint density at radius 3 is 3.12 bits per heavy atom. The molecule has 16 heavy (non-hydrogen) atoms. The van der Waals surface area contributed by atoms with Crippen LogP contribution < -0.4 is 5.73 Å². The van der Waals surface area contributed by atoms with Gasteiger partial charge in [0.05, 0.1) is 0 Å². The summed E-state index contributed by atoms with van der Waals surface area (Å²) in [6.45, 7) is 2.22. The Balaban J connectivity index is 1.97. The zero-order valence-corrected chi connectivity index (χ0v) is 9.57. The smallest absolute Gasteiger partial charge is 0.114 e. The first kappa shape index (κ1) is 9.76. The molecule has 0 aromatic rings. The molecule has 0 spiro atoms. The monoisotopic (exact) mass is 215 g/mol. The lowest BCUT2D eigenvalue weighted by atomic mass is 9.84. The van der Waals surface area contributed by atoms with Gasteiger partial charge < -0.3 is 10.5 Å². The highest BCUT2D eigenvalue weighted by Crippen LogP contribution is 2.45. The number of nitrogens with two attached hydrogens (primary N) is 1. The second kappa shape index (κ2) is 3.55. The Kier molecular flexibility index (Phi) is 2.16. The summed E-state index contributed by atoms with van der Waals surface area (Å²) in [4.78, 5) is 0. The van der Waals surface area contributed by atoms with Crippen LogP contribution in [0.4, 0.5) is 0 Å². The normalized spacial score (nSPS) is 31.6. The summed E-state index contributed by atoms with van der Waals surface area (Å²) in [5.41, 5.74) is 8.03. The third kappa shape index (κ3) is 1.33. The van der Waals surface area contributed by atoms with Crippen LogP contribution in [0.3, 0.4) is 0 Å². The fourth-order valence-corrected chi connectivity index (χ4v) is 2.77. The average molecular weight is 215 g/mol. The quantitative estimate of drug-likeness (QED) is 0.729. The van der Waals surface area contributed by atoms with Crippen LogP contribution in [0, 0.1) is 11.8 Å². The van der Waals surface area contributed by atoms with Crippen molar-refractivity contribution in [1.82, 2.24) is 0 Å². The molecule has 2 aliphatic carbocycles. The molecule has 0 aromatic heterocycles. The summed E-state index contributed by atoms with van der Waals surface area (Å²) in [5.74, 6) is 3.24. The highest BCUT2D eigenvalue weighted by Gasteiger charge is 2.36. The van der Waals surface area contributed by atoms with Crippen LogP contribution in [-0.4, -0.2) is 0 Å². The molecule has 2 nitrogen and oxygen atoms in total. The standard InChI is InChI=1S/C14H17NO/c1-2-9-4-3-5-12-11-7-6-10(15)8-13(11)16-14(9)12/h3,5-6,8-9,11H,2,4,7,15H2,1H3. The van der Waals surface area contributed by atoms with Gasteiger partial charge in [0.1, 0.15) is 11.5 Å². The van der Waals surface area contributed by atoms with Crippen molar-refractivity contribution in [2.24, 2.45) is 17.6 Å². The molecule has 0 aromatic carbocycles. The Morgan fingerprint density at radius 2 is 2.31 bits per heavy atom. The van der Waals surface area contributed by atoms with Gasteiger partial charge in [-0.1, -0.05) is 25.2 Å². The summed E-state index contributed by atoms with van der Waals surface area (Å²) in [5, 5.41) is 0. The minimum Gasteiger partial charge on any atom is -0.465 e. The van der Waals surface area contributed by atoms with Gasteiger partial charge in [0, 0.05) is 23.1 Å². The van der Waals surface area contributed by atoms with E-state index in [1.165, 1.54) is 11.3 Å². The summed E-state index contributed by atoms with van der Waals surface area (Å²) < 4.78 is 6.01. The molecule has 2 heteroatoms. The second-order valence-electron chi connectivity index (χ2n) is 4.70. The maximum Gasteiger partial charge on any atom is 0.114 e. The maximum atomic E-state index is 6.01. The topological polar surface area (TPSA) is 35.2 Å². The van der Waals surface area contributed by atoms with E-state index in [9.17, 15) is 0 Å². The number of hydrogen-bond donors (Lipinski definition) is 1. The van der Waals surface area contributed by atoms with Gasteiger partial charge in [0.2, 0.25) is 0 Å². The summed E-state index contributed by atoms with van der Waals surface area (Å²) in [7, 11) is 0. The largest absolute Gasteiger partial charge is 0.465 e. The van der Waals surface area contributed by atoms with Gasteiger partial charge in [0.15, 0.2) is 0 Å². The highest BCUT2D eigenvalue weighted by atomic mass is 16.5. The SMILES string of the molecule is CCC1CC=CC2=C1OC1=CC(N)=CCC12. The Bertz CT molecular complexity index is 440. The van der Waals surface area contributed by atoms with Crippen LogP contribution in [-0.2, 0) is 4.74 Å². The lowest BCUT2D eigenvalue weighted by Crippen LogP contribution is -2.09. The molecule has 84 valence electrons. The van der Waals surface area contributed by atoms with Crippen molar-refractivity contribution in [2.75, 3.05) is 0 Å². The van der Waals surface area contributed by atoms with E-state index in [4.69, 9.17) is 10.5 Å². The molecule has 2 atom stereocenters. The molecule has 0 amide bonds. The number of rotatable bonds is 1. The van der Waals surface area contributed by atoms with E-state index in [2.05, 4.69) is 25.2 Å². The van der Waals surface area contributed by atoms with Gasteiger partial charge in [-0.25, -0.2) is 0 Å². The van der Waals surface area contributed by atoms with Crippen molar-refractivity contribution in [2.45, 2.75) is 26.2 Å². The van der Waals surface area contributed by atoms with Crippen LogP contribution in [0.1, 0.15) is 26.2 Å². The number of allylic oxidation sites excluding steroid dienone is 6.